The molecule has 2 saturated carbocycles. The molecule has 0 bridgehead atoms. The van der Waals surface area contributed by atoms with Crippen molar-refractivity contribution < 1.29 is 17.9 Å². The highest BCUT2D eigenvalue weighted by Crippen LogP contribution is 2.44. The van der Waals surface area contributed by atoms with Gasteiger partial charge in [0.1, 0.15) is 11.6 Å². The van der Waals surface area contributed by atoms with Gasteiger partial charge in [-0.15, -0.1) is 0 Å². The van der Waals surface area contributed by atoms with Gasteiger partial charge in [-0.1, -0.05) is 46.0 Å². The minimum atomic E-state index is -2.86. The lowest BCUT2D eigenvalue weighted by Gasteiger charge is -2.30. The molecule has 2 aliphatic rings. The third kappa shape index (κ3) is 5.53. The predicted molar refractivity (Wildman–Crippen MR) is 117 cm³/mol. The van der Waals surface area contributed by atoms with Gasteiger partial charge < -0.3 is 4.74 Å². The monoisotopic (exact) mass is 424 g/mol. The Labute approximate surface area is 180 Å². The molecule has 0 aromatic heterocycles. The van der Waals surface area contributed by atoms with Crippen molar-refractivity contribution >= 4 is 0 Å². The fraction of sp³-hybridized carbons (Fsp3) is 0.769. The van der Waals surface area contributed by atoms with Crippen LogP contribution in [0.4, 0.5) is 13.2 Å². The minimum Gasteiger partial charge on any atom is -0.492 e. The third-order valence-electron chi connectivity index (χ3n) is 7.67. The van der Waals surface area contributed by atoms with Gasteiger partial charge in [-0.3, -0.25) is 0 Å². The Morgan fingerprint density at radius 3 is 2.10 bits per heavy atom. The Bertz CT molecular complexity index is 671. The molecule has 0 unspecified atom stereocenters. The summed E-state index contributed by atoms with van der Waals surface area (Å²) in [4.78, 5) is 0. The average molecular weight is 425 g/mol. The van der Waals surface area contributed by atoms with Gasteiger partial charge in [0.15, 0.2) is 0 Å². The summed E-state index contributed by atoms with van der Waals surface area (Å²) in [5.74, 6) is 1.28. The van der Waals surface area contributed by atoms with Crippen LogP contribution in [0.2, 0.25) is 0 Å². The van der Waals surface area contributed by atoms with Crippen LogP contribution in [-0.2, 0) is 0 Å². The highest BCUT2D eigenvalue weighted by Gasteiger charge is 2.31. The van der Waals surface area contributed by atoms with Crippen molar-refractivity contribution in [1.82, 2.24) is 0 Å². The van der Waals surface area contributed by atoms with E-state index in [0.717, 1.165) is 50.9 Å². The van der Waals surface area contributed by atoms with E-state index in [1.807, 2.05) is 0 Å². The second-order valence-corrected chi connectivity index (χ2v) is 9.75. The smallest absolute Gasteiger partial charge is 0.270 e. The van der Waals surface area contributed by atoms with Crippen molar-refractivity contribution in [2.45, 2.75) is 104 Å². The largest absolute Gasteiger partial charge is 0.492 e. The van der Waals surface area contributed by atoms with E-state index in [0.29, 0.717) is 29.6 Å². The number of ether oxygens (including phenoxy) is 1. The maximum absolute atomic E-state index is 15.3. The van der Waals surface area contributed by atoms with Gasteiger partial charge >= 0.3 is 0 Å². The Balaban J connectivity index is 1.71. The molecule has 0 N–H and O–H groups in total. The van der Waals surface area contributed by atoms with E-state index in [4.69, 9.17) is 4.74 Å². The normalized spacial score (nSPS) is 27.4. The summed E-state index contributed by atoms with van der Waals surface area (Å²) in [6.45, 7) is 6.62. The van der Waals surface area contributed by atoms with Crippen molar-refractivity contribution in [3.05, 3.63) is 28.6 Å². The van der Waals surface area contributed by atoms with Gasteiger partial charge in [0, 0.05) is 0 Å². The Morgan fingerprint density at radius 1 is 0.933 bits per heavy atom. The lowest BCUT2D eigenvalue weighted by molar-refractivity contribution is 0.131. The van der Waals surface area contributed by atoms with E-state index in [-0.39, 0.29) is 11.7 Å². The zero-order chi connectivity index (χ0) is 21.7. The van der Waals surface area contributed by atoms with Gasteiger partial charge in [0.05, 0.1) is 12.2 Å². The SMILES string of the molecule is CCCC1CCC(COc2c(C)cc(C3CCC(CC)CC3)c(F)c2C(F)F)CC1. The van der Waals surface area contributed by atoms with E-state index in [9.17, 15) is 8.78 Å². The van der Waals surface area contributed by atoms with Crippen molar-refractivity contribution in [2.75, 3.05) is 6.61 Å². The summed E-state index contributed by atoms with van der Waals surface area (Å²) in [5.41, 5.74) is 0.617. The van der Waals surface area contributed by atoms with Gasteiger partial charge in [0.2, 0.25) is 0 Å². The van der Waals surface area contributed by atoms with E-state index in [2.05, 4.69) is 13.8 Å². The van der Waals surface area contributed by atoms with Gasteiger partial charge in [-0.05, 0) is 86.3 Å². The number of hydrogen-bond donors (Lipinski definition) is 0. The molecule has 4 heteroatoms. The van der Waals surface area contributed by atoms with Crippen LogP contribution in [0.5, 0.6) is 5.75 Å². The number of benzene rings is 1. The average Bonchev–Trinajstić information content (AvgIpc) is 2.75. The fourth-order valence-corrected chi connectivity index (χ4v) is 5.69. The predicted octanol–water partition coefficient (Wildman–Crippen LogP) is 8.74. The van der Waals surface area contributed by atoms with Gasteiger partial charge in [-0.2, -0.15) is 0 Å². The summed E-state index contributed by atoms with van der Waals surface area (Å²) in [7, 11) is 0. The fourth-order valence-electron chi connectivity index (χ4n) is 5.69. The Kier molecular flexibility index (Phi) is 8.53. The molecule has 1 nitrogen and oxygen atoms in total. The molecule has 170 valence electrons. The van der Waals surface area contributed by atoms with E-state index < -0.39 is 17.8 Å². The molecule has 3 rings (SSSR count). The number of halogens is 3. The van der Waals surface area contributed by atoms with E-state index in [1.165, 1.54) is 25.7 Å². The first-order valence-corrected chi connectivity index (χ1v) is 12.2. The lowest BCUT2D eigenvalue weighted by atomic mass is 9.77. The zero-order valence-electron chi connectivity index (χ0n) is 19.0. The van der Waals surface area contributed by atoms with Crippen LogP contribution >= 0.6 is 0 Å². The standard InChI is InChI=1S/C26H39F3O/c1-4-6-19-7-9-20(10-8-19)16-30-25-17(3)15-22(24(27)23(25)26(28)29)21-13-11-18(5-2)12-14-21/h15,18-21,26H,4-14,16H2,1-3H3. The van der Waals surface area contributed by atoms with Crippen molar-refractivity contribution in [2.24, 2.45) is 17.8 Å². The molecule has 1 aromatic carbocycles. The Morgan fingerprint density at radius 2 is 1.53 bits per heavy atom. The lowest BCUT2D eigenvalue weighted by Crippen LogP contribution is -2.21. The zero-order valence-corrected chi connectivity index (χ0v) is 19.0. The summed E-state index contributed by atoms with van der Waals surface area (Å²) < 4.78 is 49.0. The Hall–Kier alpha value is -1.19. The summed E-state index contributed by atoms with van der Waals surface area (Å²) in [6.07, 6.45) is 9.21. The van der Waals surface area contributed by atoms with Crippen LogP contribution < -0.4 is 4.74 Å². The molecular weight excluding hydrogens is 385 g/mol. The summed E-state index contributed by atoms with van der Waals surface area (Å²) in [6, 6.07) is 1.78. The maximum Gasteiger partial charge on any atom is 0.270 e. The molecule has 0 atom stereocenters. The number of aryl methyl sites for hydroxylation is 1. The maximum atomic E-state index is 15.3. The quantitative estimate of drug-likeness (QED) is 0.405. The molecule has 0 saturated heterocycles. The second kappa shape index (κ2) is 10.9. The van der Waals surface area contributed by atoms with Crippen LogP contribution in [-0.4, -0.2) is 6.61 Å². The topological polar surface area (TPSA) is 9.23 Å². The molecule has 0 aliphatic heterocycles. The molecule has 0 heterocycles. The molecule has 1 aromatic rings. The highest BCUT2D eigenvalue weighted by atomic mass is 19.3. The van der Waals surface area contributed by atoms with Crippen molar-refractivity contribution in [3.8, 4) is 5.75 Å². The summed E-state index contributed by atoms with van der Waals surface area (Å²) in [5, 5.41) is 0. The number of hydrogen-bond acceptors (Lipinski definition) is 1. The van der Waals surface area contributed by atoms with Crippen LogP contribution in [0, 0.1) is 30.5 Å². The highest BCUT2D eigenvalue weighted by molar-refractivity contribution is 5.47. The molecule has 2 aliphatic carbocycles. The van der Waals surface area contributed by atoms with E-state index in [1.54, 1.807) is 13.0 Å². The van der Waals surface area contributed by atoms with Crippen molar-refractivity contribution in [3.63, 3.8) is 0 Å². The van der Waals surface area contributed by atoms with Gasteiger partial charge in [0.25, 0.3) is 6.43 Å². The molecule has 30 heavy (non-hydrogen) atoms. The third-order valence-corrected chi connectivity index (χ3v) is 7.67. The molecular formula is C26H39F3O. The van der Waals surface area contributed by atoms with Gasteiger partial charge in [-0.25, -0.2) is 13.2 Å². The van der Waals surface area contributed by atoms with Crippen LogP contribution in [0.25, 0.3) is 0 Å². The van der Waals surface area contributed by atoms with E-state index >= 15 is 4.39 Å². The first-order chi connectivity index (χ1) is 14.4. The van der Waals surface area contributed by atoms with Crippen LogP contribution in [0.3, 0.4) is 0 Å². The minimum absolute atomic E-state index is 0.0480. The summed E-state index contributed by atoms with van der Waals surface area (Å²) >= 11 is 0. The molecule has 0 spiro atoms. The number of rotatable bonds is 8. The van der Waals surface area contributed by atoms with Crippen LogP contribution in [0.15, 0.2) is 6.07 Å². The van der Waals surface area contributed by atoms with Crippen molar-refractivity contribution in [1.29, 1.82) is 0 Å². The van der Waals surface area contributed by atoms with Crippen LogP contribution in [0.1, 0.15) is 114 Å². The molecule has 2 fully saturated rings. The molecule has 0 radical (unpaired) electrons. The second-order valence-electron chi connectivity index (χ2n) is 9.75. The first-order valence-electron chi connectivity index (χ1n) is 12.2. The molecule has 0 amide bonds. The number of alkyl halides is 2. The first kappa shape index (κ1) is 23.5.